The molecule has 0 fully saturated rings. The fourth-order valence-electron chi connectivity index (χ4n) is 1.72. The molecule has 0 saturated heterocycles. The van der Waals surface area contributed by atoms with E-state index in [1.54, 1.807) is 6.07 Å². The van der Waals surface area contributed by atoms with Crippen LogP contribution in [0.1, 0.15) is 34.8 Å². The number of Topliss-reactive ketones (excluding diaryl/α,β-unsaturated/α-hetero) is 1. The molecule has 3 heteroatoms. The molecule has 1 atom stereocenters. The molecule has 0 aliphatic carbocycles. The Labute approximate surface area is 100 Å². The van der Waals surface area contributed by atoms with Crippen LogP contribution in [0.4, 0.5) is 0 Å². The molecule has 17 heavy (non-hydrogen) atoms. The molecule has 0 aliphatic heterocycles. The summed E-state index contributed by atoms with van der Waals surface area (Å²) >= 11 is 0. The molecular weight excluding hydrogens is 214 g/mol. The van der Waals surface area contributed by atoms with Gasteiger partial charge in [-0.05, 0) is 18.1 Å². The van der Waals surface area contributed by atoms with Gasteiger partial charge in [0.25, 0.3) is 0 Å². The highest BCUT2D eigenvalue weighted by atomic mass is 16.3. The van der Waals surface area contributed by atoms with E-state index in [2.05, 4.69) is 0 Å². The highest BCUT2D eigenvalue weighted by molar-refractivity contribution is 5.95. The van der Waals surface area contributed by atoms with Crippen LogP contribution in [0.5, 0.6) is 0 Å². The first kappa shape index (κ1) is 11.6. The zero-order valence-electron chi connectivity index (χ0n) is 9.50. The number of carbonyl (C=O) groups is 1. The molecule has 0 aliphatic rings. The Morgan fingerprint density at radius 1 is 1.24 bits per heavy atom. The summed E-state index contributed by atoms with van der Waals surface area (Å²) in [5.74, 6) is 0.0742. The average molecular weight is 229 g/mol. The minimum Gasteiger partial charge on any atom is -0.472 e. The molecular formula is C14H15NO2. The maximum absolute atomic E-state index is 11.7. The lowest BCUT2D eigenvalue weighted by Gasteiger charge is -2.10. The zero-order chi connectivity index (χ0) is 12.1. The summed E-state index contributed by atoms with van der Waals surface area (Å²) in [5, 5.41) is 0. The van der Waals surface area contributed by atoms with Crippen molar-refractivity contribution < 1.29 is 9.21 Å². The Kier molecular flexibility index (Phi) is 3.73. The summed E-state index contributed by atoms with van der Waals surface area (Å²) in [6.45, 7) is 0. The lowest BCUT2D eigenvalue weighted by atomic mass is 10.00. The average Bonchev–Trinajstić information content (AvgIpc) is 2.90. The van der Waals surface area contributed by atoms with Crippen molar-refractivity contribution in [3.05, 3.63) is 60.1 Å². The van der Waals surface area contributed by atoms with Crippen molar-refractivity contribution in [2.24, 2.45) is 5.73 Å². The molecule has 0 saturated carbocycles. The molecule has 3 nitrogen and oxygen atoms in total. The molecule has 88 valence electrons. The van der Waals surface area contributed by atoms with Gasteiger partial charge in [0.15, 0.2) is 5.78 Å². The van der Waals surface area contributed by atoms with Crippen LogP contribution in [0.3, 0.4) is 0 Å². The van der Waals surface area contributed by atoms with Crippen molar-refractivity contribution in [1.82, 2.24) is 0 Å². The first-order valence-corrected chi connectivity index (χ1v) is 5.63. The Bertz CT molecular complexity index is 462. The van der Waals surface area contributed by atoms with Crippen molar-refractivity contribution in [1.29, 1.82) is 0 Å². The number of rotatable bonds is 5. The third-order valence-corrected chi connectivity index (χ3v) is 2.75. The predicted octanol–water partition coefficient (Wildman–Crippen LogP) is 2.94. The van der Waals surface area contributed by atoms with E-state index < -0.39 is 0 Å². The van der Waals surface area contributed by atoms with Crippen LogP contribution in [-0.2, 0) is 0 Å². The second kappa shape index (κ2) is 5.46. The minimum atomic E-state index is -0.0907. The van der Waals surface area contributed by atoms with Crippen LogP contribution in [0, 0.1) is 0 Å². The van der Waals surface area contributed by atoms with Crippen LogP contribution in [-0.4, -0.2) is 5.78 Å². The van der Waals surface area contributed by atoms with Crippen LogP contribution in [0.2, 0.25) is 0 Å². The standard InChI is InChI=1S/C14H15NO2/c15-13(11-4-2-1-3-5-11)6-7-14(16)12-8-9-17-10-12/h1-5,8-10,13H,6-7,15H2. The molecule has 2 N–H and O–H groups in total. The highest BCUT2D eigenvalue weighted by Crippen LogP contribution is 2.17. The quantitative estimate of drug-likeness (QED) is 0.802. The van der Waals surface area contributed by atoms with Crippen molar-refractivity contribution >= 4 is 5.78 Å². The second-order valence-corrected chi connectivity index (χ2v) is 3.99. The summed E-state index contributed by atoms with van der Waals surface area (Å²) in [7, 11) is 0. The molecule has 0 spiro atoms. The summed E-state index contributed by atoms with van der Waals surface area (Å²) < 4.78 is 4.87. The van der Waals surface area contributed by atoms with Gasteiger partial charge in [-0.15, -0.1) is 0 Å². The van der Waals surface area contributed by atoms with Crippen LogP contribution < -0.4 is 5.73 Å². The molecule has 1 aromatic heterocycles. The van der Waals surface area contributed by atoms with Crippen molar-refractivity contribution in [2.75, 3.05) is 0 Å². The van der Waals surface area contributed by atoms with Gasteiger partial charge in [0.2, 0.25) is 0 Å². The molecule has 0 bridgehead atoms. The number of hydrogen-bond acceptors (Lipinski definition) is 3. The zero-order valence-corrected chi connectivity index (χ0v) is 9.50. The number of hydrogen-bond donors (Lipinski definition) is 1. The minimum absolute atomic E-state index is 0.0742. The van der Waals surface area contributed by atoms with Gasteiger partial charge in [-0.3, -0.25) is 4.79 Å². The molecule has 1 unspecified atom stereocenters. The first-order valence-electron chi connectivity index (χ1n) is 5.63. The summed E-state index contributed by atoms with van der Waals surface area (Å²) in [4.78, 5) is 11.7. The maximum atomic E-state index is 11.7. The third-order valence-electron chi connectivity index (χ3n) is 2.75. The number of benzene rings is 1. The van der Waals surface area contributed by atoms with E-state index in [1.165, 1.54) is 12.5 Å². The Hall–Kier alpha value is -1.87. The molecule has 2 rings (SSSR count). The van der Waals surface area contributed by atoms with E-state index in [0.717, 1.165) is 5.56 Å². The van der Waals surface area contributed by atoms with E-state index in [1.807, 2.05) is 30.3 Å². The van der Waals surface area contributed by atoms with Crippen LogP contribution in [0.15, 0.2) is 53.3 Å². The normalized spacial score (nSPS) is 12.3. The number of nitrogens with two attached hydrogens (primary N) is 1. The number of ketones is 1. The van der Waals surface area contributed by atoms with Crippen LogP contribution in [0.25, 0.3) is 0 Å². The SMILES string of the molecule is NC(CCC(=O)c1ccoc1)c1ccccc1. The molecule has 1 aromatic carbocycles. The topological polar surface area (TPSA) is 56.2 Å². The van der Waals surface area contributed by atoms with Gasteiger partial charge < -0.3 is 10.2 Å². The summed E-state index contributed by atoms with van der Waals surface area (Å²) in [6, 6.07) is 11.4. The highest BCUT2D eigenvalue weighted by Gasteiger charge is 2.11. The van der Waals surface area contributed by atoms with Gasteiger partial charge in [-0.2, -0.15) is 0 Å². The Morgan fingerprint density at radius 3 is 2.65 bits per heavy atom. The van der Waals surface area contributed by atoms with E-state index in [4.69, 9.17) is 10.2 Å². The maximum Gasteiger partial charge on any atom is 0.166 e. The molecule has 2 aromatic rings. The monoisotopic (exact) mass is 229 g/mol. The summed E-state index contributed by atoms with van der Waals surface area (Å²) in [5.41, 5.74) is 7.70. The fraction of sp³-hybridized carbons (Fsp3) is 0.214. The van der Waals surface area contributed by atoms with E-state index in [-0.39, 0.29) is 11.8 Å². The Balaban J connectivity index is 1.89. The molecule has 0 radical (unpaired) electrons. The number of carbonyl (C=O) groups excluding carboxylic acids is 1. The third kappa shape index (κ3) is 3.04. The largest absolute Gasteiger partial charge is 0.472 e. The van der Waals surface area contributed by atoms with Crippen molar-refractivity contribution in [3.63, 3.8) is 0 Å². The molecule has 0 amide bonds. The van der Waals surface area contributed by atoms with Gasteiger partial charge >= 0.3 is 0 Å². The van der Waals surface area contributed by atoms with Crippen molar-refractivity contribution in [2.45, 2.75) is 18.9 Å². The van der Waals surface area contributed by atoms with Gasteiger partial charge in [0.1, 0.15) is 6.26 Å². The first-order chi connectivity index (χ1) is 8.27. The van der Waals surface area contributed by atoms with Crippen molar-refractivity contribution in [3.8, 4) is 0 Å². The van der Waals surface area contributed by atoms with Gasteiger partial charge in [-0.1, -0.05) is 30.3 Å². The van der Waals surface area contributed by atoms with Gasteiger partial charge in [-0.25, -0.2) is 0 Å². The molecule has 1 heterocycles. The Morgan fingerprint density at radius 2 is 2.00 bits per heavy atom. The second-order valence-electron chi connectivity index (χ2n) is 3.99. The predicted molar refractivity (Wildman–Crippen MR) is 65.6 cm³/mol. The van der Waals surface area contributed by atoms with Gasteiger partial charge in [0.05, 0.1) is 11.8 Å². The summed E-state index contributed by atoms with van der Waals surface area (Å²) in [6.07, 6.45) is 4.06. The smallest absolute Gasteiger partial charge is 0.166 e. The van der Waals surface area contributed by atoms with E-state index in [9.17, 15) is 4.79 Å². The van der Waals surface area contributed by atoms with E-state index >= 15 is 0 Å². The van der Waals surface area contributed by atoms with Gasteiger partial charge in [0, 0.05) is 12.5 Å². The fourth-order valence-corrected chi connectivity index (χ4v) is 1.72. The lowest BCUT2D eigenvalue weighted by Crippen LogP contribution is -2.12. The van der Waals surface area contributed by atoms with E-state index in [0.29, 0.717) is 18.4 Å². The number of furan rings is 1. The van der Waals surface area contributed by atoms with Crippen LogP contribution >= 0.6 is 0 Å². The lowest BCUT2D eigenvalue weighted by molar-refractivity contribution is 0.0977.